The van der Waals surface area contributed by atoms with Crippen LogP contribution in [0.1, 0.15) is 5.82 Å². The van der Waals surface area contributed by atoms with Gasteiger partial charge in [-0.15, -0.1) is 10.2 Å². The maximum atomic E-state index is 5.86. The Morgan fingerprint density at radius 1 is 1.47 bits per heavy atom. The molecule has 0 fully saturated rings. The molecule has 15 heavy (non-hydrogen) atoms. The average Bonchev–Trinajstić information content (AvgIpc) is 2.73. The molecular weight excluding hydrogens is 220 g/mol. The summed E-state index contributed by atoms with van der Waals surface area (Å²) >= 11 is 5.86. The third kappa shape index (κ3) is 2.10. The molecule has 2 aromatic heterocycles. The van der Waals surface area contributed by atoms with Crippen LogP contribution in [-0.4, -0.2) is 30.6 Å². The summed E-state index contributed by atoms with van der Waals surface area (Å²) in [5, 5.41) is 16.4. The van der Waals surface area contributed by atoms with Gasteiger partial charge in [0.05, 0.1) is 6.54 Å². The first-order valence-corrected chi connectivity index (χ1v) is 4.37. The number of H-pyrrole nitrogens is 1. The largest absolute Gasteiger partial charge is 0.382 e. The lowest BCUT2D eigenvalue weighted by atomic mass is 10.5. The Bertz CT molecular complexity index is 440. The van der Waals surface area contributed by atoms with E-state index in [-0.39, 0.29) is 10.8 Å². The van der Waals surface area contributed by atoms with E-state index in [9.17, 15) is 0 Å². The topological polar surface area (TPSA) is 118 Å². The first-order chi connectivity index (χ1) is 7.27. The number of nitrogens with one attached hydrogen (secondary N) is 2. The molecule has 0 unspecified atom stereocenters. The molecule has 2 rings (SSSR count). The van der Waals surface area contributed by atoms with Gasteiger partial charge in [-0.1, -0.05) is 16.8 Å². The van der Waals surface area contributed by atoms with E-state index in [0.717, 1.165) is 0 Å². The number of nitrogen functional groups attached to an aromatic ring is 1. The zero-order valence-corrected chi connectivity index (χ0v) is 8.23. The van der Waals surface area contributed by atoms with Crippen molar-refractivity contribution in [2.24, 2.45) is 0 Å². The molecule has 0 aliphatic carbocycles. The number of nitrogens with two attached hydrogens (primary N) is 1. The van der Waals surface area contributed by atoms with Gasteiger partial charge in [0, 0.05) is 0 Å². The van der Waals surface area contributed by atoms with Gasteiger partial charge in [-0.25, -0.2) is 9.97 Å². The molecule has 78 valence electrons. The van der Waals surface area contributed by atoms with Gasteiger partial charge in [-0.3, -0.25) is 0 Å². The van der Waals surface area contributed by atoms with Crippen LogP contribution >= 0.6 is 11.6 Å². The number of hydrogen-bond donors (Lipinski definition) is 3. The molecule has 0 spiro atoms. The second-order valence-electron chi connectivity index (χ2n) is 2.60. The standard InChI is InChI=1S/C6H7ClN8/c7-4-5(8)10-2-11-6(4)9-1-3-12-14-15-13-3/h2H,1H2,(H3,8,9,10,11)(H,12,13,14,15). The second kappa shape index (κ2) is 4.05. The van der Waals surface area contributed by atoms with Crippen LogP contribution in [0, 0.1) is 0 Å². The molecule has 2 aromatic rings. The van der Waals surface area contributed by atoms with E-state index in [0.29, 0.717) is 18.2 Å². The molecular formula is C6H7ClN8. The Morgan fingerprint density at radius 2 is 2.33 bits per heavy atom. The molecule has 0 bridgehead atoms. The van der Waals surface area contributed by atoms with Crippen molar-refractivity contribution in [1.29, 1.82) is 0 Å². The van der Waals surface area contributed by atoms with Gasteiger partial charge in [0.15, 0.2) is 11.6 Å². The van der Waals surface area contributed by atoms with Gasteiger partial charge >= 0.3 is 0 Å². The normalized spacial score (nSPS) is 10.2. The minimum Gasteiger partial charge on any atom is -0.382 e. The van der Waals surface area contributed by atoms with Crippen molar-refractivity contribution in [1.82, 2.24) is 30.6 Å². The Morgan fingerprint density at radius 3 is 3.07 bits per heavy atom. The Labute approximate surface area is 89.3 Å². The third-order valence-electron chi connectivity index (χ3n) is 1.62. The number of hydrogen-bond acceptors (Lipinski definition) is 7. The highest BCUT2D eigenvalue weighted by Crippen LogP contribution is 2.23. The molecule has 0 aliphatic rings. The van der Waals surface area contributed by atoms with Gasteiger partial charge in [-0.05, 0) is 0 Å². The zero-order chi connectivity index (χ0) is 10.7. The summed E-state index contributed by atoms with van der Waals surface area (Å²) in [4.78, 5) is 7.65. The first-order valence-electron chi connectivity index (χ1n) is 3.99. The summed E-state index contributed by atoms with van der Waals surface area (Å²) < 4.78 is 0. The minimum atomic E-state index is 0.224. The van der Waals surface area contributed by atoms with E-state index in [1.807, 2.05) is 0 Å². The quantitative estimate of drug-likeness (QED) is 0.665. The summed E-state index contributed by atoms with van der Waals surface area (Å²) in [6, 6.07) is 0. The monoisotopic (exact) mass is 226 g/mol. The SMILES string of the molecule is Nc1ncnc(NCc2nn[nH]n2)c1Cl. The van der Waals surface area contributed by atoms with Crippen LogP contribution < -0.4 is 11.1 Å². The fourth-order valence-corrected chi connectivity index (χ4v) is 1.09. The van der Waals surface area contributed by atoms with Crippen LogP contribution in [-0.2, 0) is 6.54 Å². The van der Waals surface area contributed by atoms with E-state index in [4.69, 9.17) is 17.3 Å². The van der Waals surface area contributed by atoms with Gasteiger partial charge in [0.1, 0.15) is 17.2 Å². The summed E-state index contributed by atoms with van der Waals surface area (Å²) in [5.41, 5.74) is 5.50. The highest BCUT2D eigenvalue weighted by Gasteiger charge is 2.06. The zero-order valence-electron chi connectivity index (χ0n) is 7.48. The highest BCUT2D eigenvalue weighted by atomic mass is 35.5. The van der Waals surface area contributed by atoms with Crippen molar-refractivity contribution in [3.8, 4) is 0 Å². The van der Waals surface area contributed by atoms with Crippen LogP contribution in [0.15, 0.2) is 6.33 Å². The molecule has 9 heteroatoms. The molecule has 4 N–H and O–H groups in total. The number of rotatable bonds is 3. The third-order valence-corrected chi connectivity index (χ3v) is 1.99. The first kappa shape index (κ1) is 9.59. The van der Waals surface area contributed by atoms with E-state index < -0.39 is 0 Å². The van der Waals surface area contributed by atoms with E-state index >= 15 is 0 Å². The molecule has 0 saturated carbocycles. The smallest absolute Gasteiger partial charge is 0.193 e. The number of tetrazole rings is 1. The minimum absolute atomic E-state index is 0.224. The Balaban J connectivity index is 2.08. The molecule has 0 amide bonds. The van der Waals surface area contributed by atoms with Gasteiger partial charge in [0.25, 0.3) is 0 Å². The number of aromatic amines is 1. The fraction of sp³-hybridized carbons (Fsp3) is 0.167. The highest BCUT2D eigenvalue weighted by molar-refractivity contribution is 6.35. The molecule has 0 saturated heterocycles. The van der Waals surface area contributed by atoms with Crippen LogP contribution in [0.2, 0.25) is 5.02 Å². The predicted molar refractivity (Wildman–Crippen MR) is 53.0 cm³/mol. The van der Waals surface area contributed by atoms with E-state index in [1.165, 1.54) is 6.33 Å². The van der Waals surface area contributed by atoms with Gasteiger partial charge in [-0.2, -0.15) is 5.21 Å². The number of nitrogens with zero attached hydrogens (tertiary/aromatic N) is 5. The van der Waals surface area contributed by atoms with E-state index in [1.54, 1.807) is 0 Å². The summed E-state index contributed by atoms with van der Waals surface area (Å²) in [6.07, 6.45) is 1.32. The molecule has 8 nitrogen and oxygen atoms in total. The van der Waals surface area contributed by atoms with Crippen molar-refractivity contribution in [3.63, 3.8) is 0 Å². The Hall–Kier alpha value is -1.96. The van der Waals surface area contributed by atoms with E-state index in [2.05, 4.69) is 35.9 Å². The number of anilines is 2. The lowest BCUT2D eigenvalue weighted by Gasteiger charge is -2.05. The second-order valence-corrected chi connectivity index (χ2v) is 2.98. The van der Waals surface area contributed by atoms with Crippen molar-refractivity contribution in [2.75, 3.05) is 11.1 Å². The van der Waals surface area contributed by atoms with Crippen LogP contribution in [0.5, 0.6) is 0 Å². The van der Waals surface area contributed by atoms with Crippen LogP contribution in [0.25, 0.3) is 0 Å². The summed E-state index contributed by atoms with van der Waals surface area (Å²) in [6.45, 7) is 0.354. The maximum absolute atomic E-state index is 5.86. The lowest BCUT2D eigenvalue weighted by molar-refractivity contribution is 0.881. The molecule has 2 heterocycles. The summed E-state index contributed by atoms with van der Waals surface area (Å²) in [5.74, 6) is 1.17. The predicted octanol–water partition coefficient (Wildman–Crippen LogP) is -0.163. The van der Waals surface area contributed by atoms with Gasteiger partial charge in [0.2, 0.25) is 0 Å². The molecule has 0 aromatic carbocycles. The number of aromatic nitrogens is 6. The lowest BCUT2D eigenvalue weighted by Crippen LogP contribution is -2.05. The van der Waals surface area contributed by atoms with Crippen LogP contribution in [0.3, 0.4) is 0 Å². The average molecular weight is 227 g/mol. The van der Waals surface area contributed by atoms with Crippen molar-refractivity contribution < 1.29 is 0 Å². The van der Waals surface area contributed by atoms with Crippen LogP contribution in [0.4, 0.5) is 11.6 Å². The maximum Gasteiger partial charge on any atom is 0.193 e. The van der Waals surface area contributed by atoms with Crippen molar-refractivity contribution >= 4 is 23.2 Å². The molecule has 0 aliphatic heterocycles. The van der Waals surface area contributed by atoms with Crippen molar-refractivity contribution in [2.45, 2.75) is 6.54 Å². The van der Waals surface area contributed by atoms with Gasteiger partial charge < -0.3 is 11.1 Å². The Kier molecular flexibility index (Phi) is 2.59. The summed E-state index contributed by atoms with van der Waals surface area (Å²) in [7, 11) is 0. The fourth-order valence-electron chi connectivity index (χ4n) is 0.927. The molecule has 0 radical (unpaired) electrons. The molecule has 0 atom stereocenters. The number of halogens is 1. The van der Waals surface area contributed by atoms with Crippen molar-refractivity contribution in [3.05, 3.63) is 17.2 Å².